The van der Waals surface area contributed by atoms with Crippen molar-refractivity contribution in [2.45, 2.75) is 44.2 Å². The largest absolute Gasteiger partial charge is 0.391 e. The normalized spacial score (nSPS) is 21.8. The molecule has 0 radical (unpaired) electrons. The number of amides is 1. The predicted octanol–water partition coefficient (Wildman–Crippen LogP) is 3.45. The molecule has 1 aromatic carbocycles. The van der Waals surface area contributed by atoms with Crippen molar-refractivity contribution in [1.82, 2.24) is 14.5 Å². The van der Waals surface area contributed by atoms with Crippen LogP contribution in [0, 0.1) is 16.4 Å². The Labute approximate surface area is 174 Å². The standard InChI is InChI=1S/C19H20BrF2N3O2S/c20-12-3-4-13(21)17(18(12)22)10-6-15-14(23-19(28)25(15)8-10)7-16(27)24-5-1-2-11(26)9-24/h3-4,10-11,26H,1-2,5-9H2,(H,23,28)/t10-,11?/m0/s1. The van der Waals surface area contributed by atoms with E-state index >= 15 is 0 Å². The van der Waals surface area contributed by atoms with E-state index in [9.17, 15) is 18.7 Å². The Balaban J connectivity index is 1.57. The summed E-state index contributed by atoms with van der Waals surface area (Å²) in [4.78, 5) is 17.4. The first-order chi connectivity index (χ1) is 13.3. The van der Waals surface area contributed by atoms with Crippen molar-refractivity contribution < 1.29 is 18.7 Å². The van der Waals surface area contributed by atoms with Gasteiger partial charge in [0.25, 0.3) is 0 Å². The highest BCUT2D eigenvalue weighted by atomic mass is 79.9. The molecule has 1 amide bonds. The van der Waals surface area contributed by atoms with E-state index in [0.717, 1.165) is 12.1 Å². The van der Waals surface area contributed by atoms with Crippen LogP contribution in [0.5, 0.6) is 0 Å². The second-order valence-electron chi connectivity index (χ2n) is 7.44. The third-order valence-electron chi connectivity index (χ3n) is 5.58. The molecule has 150 valence electrons. The highest BCUT2D eigenvalue weighted by Gasteiger charge is 2.32. The zero-order chi connectivity index (χ0) is 20.0. The average Bonchev–Trinajstić information content (AvgIpc) is 3.20. The van der Waals surface area contributed by atoms with Gasteiger partial charge in [-0.3, -0.25) is 4.79 Å². The second-order valence-corrected chi connectivity index (χ2v) is 8.68. The maximum Gasteiger partial charge on any atom is 0.228 e. The molecule has 5 nitrogen and oxygen atoms in total. The van der Waals surface area contributed by atoms with E-state index in [1.54, 1.807) is 4.90 Å². The lowest BCUT2D eigenvalue weighted by Crippen LogP contribution is -2.42. The summed E-state index contributed by atoms with van der Waals surface area (Å²) in [5, 5.41) is 9.79. The number of β-amino-alcohol motifs (C(OH)–C–C–N with tert-alkyl or cyclic N) is 1. The molecule has 1 saturated heterocycles. The molecule has 2 atom stereocenters. The maximum absolute atomic E-state index is 14.5. The Hall–Kier alpha value is -1.58. The summed E-state index contributed by atoms with van der Waals surface area (Å²) in [5.74, 6) is -1.63. The van der Waals surface area contributed by atoms with Crippen LogP contribution in [0.25, 0.3) is 0 Å². The van der Waals surface area contributed by atoms with Crippen molar-refractivity contribution in [3.05, 3.63) is 50.0 Å². The van der Waals surface area contributed by atoms with Crippen molar-refractivity contribution in [3.63, 3.8) is 0 Å². The van der Waals surface area contributed by atoms with Gasteiger partial charge in [-0.1, -0.05) is 0 Å². The molecule has 0 saturated carbocycles. The number of nitrogens with one attached hydrogen (secondary N) is 1. The molecule has 2 N–H and O–H groups in total. The number of aromatic amines is 1. The van der Waals surface area contributed by atoms with Gasteiger partial charge in [0.2, 0.25) is 5.91 Å². The van der Waals surface area contributed by atoms with Crippen molar-refractivity contribution >= 4 is 34.1 Å². The number of likely N-dealkylation sites (tertiary alicyclic amines) is 1. The lowest BCUT2D eigenvalue weighted by atomic mass is 9.95. The maximum atomic E-state index is 14.5. The number of hydrogen-bond donors (Lipinski definition) is 2. The Kier molecular flexibility index (Phi) is 5.41. The molecule has 0 bridgehead atoms. The van der Waals surface area contributed by atoms with E-state index in [1.165, 1.54) is 12.1 Å². The SMILES string of the molecule is O=C(Cc1[nH]c(=S)n2c1C[C@H](c1c(F)ccc(Br)c1F)C2)N1CCCC(O)C1. The molecule has 0 aliphatic carbocycles. The highest BCUT2D eigenvalue weighted by Crippen LogP contribution is 2.36. The Morgan fingerprint density at radius 3 is 2.89 bits per heavy atom. The van der Waals surface area contributed by atoms with Crippen molar-refractivity contribution in [3.8, 4) is 0 Å². The number of hydrogen-bond acceptors (Lipinski definition) is 3. The van der Waals surface area contributed by atoms with Crippen LogP contribution in [0.15, 0.2) is 16.6 Å². The van der Waals surface area contributed by atoms with Crippen molar-refractivity contribution in [1.29, 1.82) is 0 Å². The number of H-pyrrole nitrogens is 1. The van der Waals surface area contributed by atoms with Crippen LogP contribution in [0.2, 0.25) is 0 Å². The number of carbonyl (C=O) groups is 1. The Morgan fingerprint density at radius 1 is 1.36 bits per heavy atom. The van der Waals surface area contributed by atoms with Crippen molar-refractivity contribution in [2.75, 3.05) is 13.1 Å². The van der Waals surface area contributed by atoms with Crippen LogP contribution in [-0.4, -0.2) is 44.7 Å². The Morgan fingerprint density at radius 2 is 2.14 bits per heavy atom. The predicted molar refractivity (Wildman–Crippen MR) is 106 cm³/mol. The highest BCUT2D eigenvalue weighted by molar-refractivity contribution is 9.10. The van der Waals surface area contributed by atoms with E-state index < -0.39 is 17.7 Å². The first-order valence-electron chi connectivity index (χ1n) is 9.25. The lowest BCUT2D eigenvalue weighted by molar-refractivity contribution is -0.133. The third kappa shape index (κ3) is 3.55. The van der Waals surface area contributed by atoms with Gasteiger partial charge in [0.1, 0.15) is 11.6 Å². The summed E-state index contributed by atoms with van der Waals surface area (Å²) in [6.45, 7) is 1.34. The van der Waals surface area contributed by atoms with Crippen LogP contribution in [0.4, 0.5) is 8.78 Å². The minimum Gasteiger partial charge on any atom is -0.391 e. The van der Waals surface area contributed by atoms with Crippen LogP contribution in [0.1, 0.15) is 35.7 Å². The summed E-state index contributed by atoms with van der Waals surface area (Å²) < 4.78 is 31.3. The molecule has 3 heterocycles. The van der Waals surface area contributed by atoms with Crippen LogP contribution < -0.4 is 0 Å². The summed E-state index contributed by atoms with van der Waals surface area (Å²) in [5.41, 5.74) is 1.55. The second kappa shape index (κ2) is 7.68. The molecule has 2 aliphatic heterocycles. The molecule has 28 heavy (non-hydrogen) atoms. The van der Waals surface area contributed by atoms with Gasteiger partial charge in [0, 0.05) is 42.5 Å². The van der Waals surface area contributed by atoms with Gasteiger partial charge in [-0.05, 0) is 59.5 Å². The minimum atomic E-state index is -0.592. The molecule has 1 unspecified atom stereocenters. The number of benzene rings is 1. The van der Waals surface area contributed by atoms with Crippen molar-refractivity contribution in [2.24, 2.45) is 0 Å². The molecule has 9 heteroatoms. The number of halogens is 3. The first-order valence-corrected chi connectivity index (χ1v) is 10.4. The summed E-state index contributed by atoms with van der Waals surface area (Å²) in [6.07, 6.45) is 1.54. The first kappa shape index (κ1) is 19.7. The lowest BCUT2D eigenvalue weighted by Gasteiger charge is -2.30. The quantitative estimate of drug-likeness (QED) is 0.532. The Bertz CT molecular complexity index is 990. The molecule has 2 aliphatic rings. The number of aliphatic hydroxyl groups excluding tert-OH is 1. The zero-order valence-electron chi connectivity index (χ0n) is 15.1. The van der Waals surface area contributed by atoms with Crippen LogP contribution >= 0.6 is 28.1 Å². The number of aliphatic hydroxyl groups is 1. The molecule has 0 spiro atoms. The molecule has 4 rings (SSSR count). The molecule has 1 aromatic heterocycles. The minimum absolute atomic E-state index is 0.0453. The fourth-order valence-corrected chi connectivity index (χ4v) is 4.85. The fourth-order valence-electron chi connectivity index (χ4n) is 4.20. The summed E-state index contributed by atoms with van der Waals surface area (Å²) in [6, 6.07) is 2.61. The summed E-state index contributed by atoms with van der Waals surface area (Å²) >= 11 is 8.49. The van der Waals surface area contributed by atoms with E-state index in [4.69, 9.17) is 12.2 Å². The van der Waals surface area contributed by atoms with Gasteiger partial charge >= 0.3 is 0 Å². The van der Waals surface area contributed by atoms with Gasteiger partial charge in [0.05, 0.1) is 17.0 Å². The third-order valence-corrected chi connectivity index (χ3v) is 6.52. The van der Waals surface area contributed by atoms with E-state index in [-0.39, 0.29) is 28.3 Å². The monoisotopic (exact) mass is 471 g/mol. The number of carbonyl (C=O) groups excluding carboxylic acids is 1. The van der Waals surface area contributed by atoms with E-state index in [2.05, 4.69) is 20.9 Å². The molecular weight excluding hydrogens is 452 g/mol. The number of piperidine rings is 1. The van der Waals surface area contributed by atoms with Gasteiger partial charge < -0.3 is 19.6 Å². The van der Waals surface area contributed by atoms with Gasteiger partial charge in [-0.15, -0.1) is 0 Å². The van der Waals surface area contributed by atoms with E-state index in [1.807, 2.05) is 4.57 Å². The summed E-state index contributed by atoms with van der Waals surface area (Å²) in [7, 11) is 0. The molecular formula is C19H20BrF2N3O2S. The molecule has 1 fully saturated rings. The van der Waals surface area contributed by atoms with E-state index in [0.29, 0.717) is 42.9 Å². The van der Waals surface area contributed by atoms with Gasteiger partial charge in [-0.25, -0.2) is 8.78 Å². The van der Waals surface area contributed by atoms with Gasteiger partial charge in [-0.2, -0.15) is 0 Å². The number of rotatable bonds is 3. The zero-order valence-corrected chi connectivity index (χ0v) is 17.5. The topological polar surface area (TPSA) is 61.3 Å². The van der Waals surface area contributed by atoms with Crippen LogP contribution in [0.3, 0.4) is 0 Å². The van der Waals surface area contributed by atoms with Crippen LogP contribution in [-0.2, 0) is 24.2 Å². The number of fused-ring (bicyclic) bond motifs is 1. The number of aromatic nitrogens is 2. The number of nitrogens with zero attached hydrogens (tertiary/aromatic N) is 2. The molecule has 2 aromatic rings. The fraction of sp³-hybridized carbons (Fsp3) is 0.474. The number of imidazole rings is 1. The average molecular weight is 472 g/mol. The smallest absolute Gasteiger partial charge is 0.228 e. The van der Waals surface area contributed by atoms with Gasteiger partial charge in [0.15, 0.2) is 4.77 Å².